The van der Waals surface area contributed by atoms with Crippen molar-refractivity contribution >= 4 is 5.78 Å². The highest BCUT2D eigenvalue weighted by atomic mass is 16.5. The molecule has 4 rings (SSSR count). The van der Waals surface area contributed by atoms with Gasteiger partial charge < -0.3 is 14.2 Å². The number of hydrogen-bond donors (Lipinski definition) is 0. The van der Waals surface area contributed by atoms with Crippen molar-refractivity contribution in [3.8, 4) is 5.75 Å². The zero-order valence-corrected chi connectivity index (χ0v) is 13.7. The average Bonchev–Trinajstić information content (AvgIpc) is 2.91. The lowest BCUT2D eigenvalue weighted by Crippen LogP contribution is -2.45. The molecule has 1 aromatic carbocycles. The number of ketones is 1. The Morgan fingerprint density at radius 1 is 1.13 bits per heavy atom. The van der Waals surface area contributed by atoms with Crippen LogP contribution in [-0.4, -0.2) is 35.4 Å². The zero-order valence-electron chi connectivity index (χ0n) is 13.7. The maximum absolute atomic E-state index is 12.1. The number of aromatic nitrogens is 1. The van der Waals surface area contributed by atoms with Crippen molar-refractivity contribution in [3.63, 3.8) is 0 Å². The number of benzene rings is 1. The summed E-state index contributed by atoms with van der Waals surface area (Å²) in [5, 5.41) is 0. The molecule has 0 unspecified atom stereocenters. The molecule has 0 N–H and O–H groups in total. The maximum Gasteiger partial charge on any atom is 0.176 e. The summed E-state index contributed by atoms with van der Waals surface area (Å²) in [7, 11) is 2.15. The highest BCUT2D eigenvalue weighted by molar-refractivity contribution is 5.92. The topological polar surface area (TPSA) is 34.5 Å². The Kier molecular flexibility index (Phi) is 3.31. The highest BCUT2D eigenvalue weighted by Crippen LogP contribution is 2.42. The Morgan fingerprint density at radius 3 is 2.61 bits per heavy atom. The fraction of sp³-hybridized carbons (Fsp3) is 0.421. The number of para-hydroxylation sites is 1. The van der Waals surface area contributed by atoms with E-state index < -0.39 is 0 Å². The smallest absolute Gasteiger partial charge is 0.176 e. The minimum absolute atomic E-state index is 0.110. The molecule has 2 aromatic rings. The molecule has 3 heterocycles. The van der Waals surface area contributed by atoms with Crippen LogP contribution in [-0.2, 0) is 12.1 Å². The lowest BCUT2D eigenvalue weighted by molar-refractivity contribution is 0.000315. The molecule has 1 aromatic heterocycles. The summed E-state index contributed by atoms with van der Waals surface area (Å²) in [6, 6.07) is 12.2. The summed E-state index contributed by atoms with van der Waals surface area (Å²) in [4.78, 5) is 14.4. The SMILES string of the molecule is CC(=O)c1ccc2n1Cc1ccccc1OC21CCN(C)CC1. The van der Waals surface area contributed by atoms with Gasteiger partial charge in [0.1, 0.15) is 5.75 Å². The van der Waals surface area contributed by atoms with Crippen molar-refractivity contribution in [2.75, 3.05) is 20.1 Å². The first-order valence-corrected chi connectivity index (χ1v) is 8.25. The van der Waals surface area contributed by atoms with E-state index in [0.29, 0.717) is 6.54 Å². The first kappa shape index (κ1) is 14.5. The fourth-order valence-electron chi connectivity index (χ4n) is 3.85. The molecule has 4 nitrogen and oxygen atoms in total. The van der Waals surface area contributed by atoms with Crippen molar-refractivity contribution < 1.29 is 9.53 Å². The van der Waals surface area contributed by atoms with E-state index in [1.807, 2.05) is 18.2 Å². The van der Waals surface area contributed by atoms with E-state index in [1.165, 1.54) is 0 Å². The van der Waals surface area contributed by atoms with E-state index >= 15 is 0 Å². The van der Waals surface area contributed by atoms with Crippen LogP contribution in [0.3, 0.4) is 0 Å². The molecule has 1 fully saturated rings. The molecule has 1 saturated heterocycles. The van der Waals surface area contributed by atoms with E-state index in [1.54, 1.807) is 6.92 Å². The average molecular weight is 310 g/mol. The number of nitrogens with zero attached hydrogens (tertiary/aromatic N) is 2. The molecule has 2 aliphatic heterocycles. The number of Topliss-reactive ketones (excluding diaryl/α,β-unsaturated/α-hetero) is 1. The number of rotatable bonds is 1. The van der Waals surface area contributed by atoms with Gasteiger partial charge in [0.05, 0.1) is 17.9 Å². The van der Waals surface area contributed by atoms with Gasteiger partial charge >= 0.3 is 0 Å². The molecule has 120 valence electrons. The molecule has 0 atom stereocenters. The summed E-state index contributed by atoms with van der Waals surface area (Å²) < 4.78 is 8.76. The highest BCUT2D eigenvalue weighted by Gasteiger charge is 2.42. The Labute approximate surface area is 136 Å². The maximum atomic E-state index is 12.1. The lowest BCUT2D eigenvalue weighted by Gasteiger charge is -2.40. The molecule has 1 spiro atoms. The molecule has 2 aliphatic rings. The minimum atomic E-state index is -0.327. The fourth-order valence-corrected chi connectivity index (χ4v) is 3.85. The second kappa shape index (κ2) is 5.24. The first-order chi connectivity index (χ1) is 11.1. The summed E-state index contributed by atoms with van der Waals surface area (Å²) in [5.74, 6) is 1.06. The summed E-state index contributed by atoms with van der Waals surface area (Å²) in [6.45, 7) is 4.35. The van der Waals surface area contributed by atoms with Crippen molar-refractivity contribution in [1.82, 2.24) is 9.47 Å². The molecular formula is C19H22N2O2. The van der Waals surface area contributed by atoms with Crippen LogP contribution in [0.4, 0.5) is 0 Å². The standard InChI is InChI=1S/C19H22N2O2/c1-14(22)16-7-8-18-19(9-11-20(2)12-10-19)23-17-6-4-3-5-15(17)13-21(16)18/h3-8H,9-13H2,1-2H3. The Bertz CT molecular complexity index is 754. The van der Waals surface area contributed by atoms with Crippen LogP contribution in [0, 0.1) is 0 Å². The van der Waals surface area contributed by atoms with Crippen molar-refractivity contribution in [2.45, 2.75) is 31.9 Å². The molecule has 0 bridgehead atoms. The predicted octanol–water partition coefficient (Wildman–Crippen LogP) is 3.05. The third-order valence-corrected chi connectivity index (χ3v) is 5.21. The number of hydrogen-bond acceptors (Lipinski definition) is 3. The van der Waals surface area contributed by atoms with Gasteiger partial charge in [-0.1, -0.05) is 18.2 Å². The quantitative estimate of drug-likeness (QED) is 0.759. The molecule has 23 heavy (non-hydrogen) atoms. The number of fused-ring (bicyclic) bond motifs is 3. The number of likely N-dealkylation sites (tertiary alicyclic amines) is 1. The zero-order chi connectivity index (χ0) is 16.0. The number of carbonyl (C=O) groups is 1. The van der Waals surface area contributed by atoms with Crippen LogP contribution in [0.15, 0.2) is 36.4 Å². The van der Waals surface area contributed by atoms with Gasteiger partial charge in [-0.3, -0.25) is 4.79 Å². The van der Waals surface area contributed by atoms with E-state index in [4.69, 9.17) is 4.74 Å². The van der Waals surface area contributed by atoms with Crippen molar-refractivity contribution in [1.29, 1.82) is 0 Å². The lowest BCUT2D eigenvalue weighted by atomic mass is 9.88. The summed E-state index contributed by atoms with van der Waals surface area (Å²) in [6.07, 6.45) is 1.89. The normalized spacial score (nSPS) is 19.6. The van der Waals surface area contributed by atoms with E-state index in [0.717, 1.165) is 48.6 Å². The molecule has 0 amide bonds. The molecule has 4 heteroatoms. The van der Waals surface area contributed by atoms with Gasteiger partial charge in [-0.2, -0.15) is 0 Å². The van der Waals surface area contributed by atoms with Crippen molar-refractivity contribution in [2.24, 2.45) is 0 Å². The van der Waals surface area contributed by atoms with Crippen LogP contribution in [0.5, 0.6) is 5.75 Å². The predicted molar refractivity (Wildman–Crippen MR) is 89.0 cm³/mol. The van der Waals surface area contributed by atoms with E-state index in [2.05, 4.69) is 34.7 Å². The van der Waals surface area contributed by atoms with Gasteiger partial charge in [0.2, 0.25) is 0 Å². The summed E-state index contributed by atoms with van der Waals surface area (Å²) in [5.41, 5.74) is 2.74. The minimum Gasteiger partial charge on any atom is -0.481 e. The second-order valence-corrected chi connectivity index (χ2v) is 6.75. The number of ether oxygens (including phenoxy) is 1. The van der Waals surface area contributed by atoms with Crippen molar-refractivity contribution in [3.05, 3.63) is 53.3 Å². The van der Waals surface area contributed by atoms with Crippen LogP contribution in [0.1, 0.15) is 41.5 Å². The van der Waals surface area contributed by atoms with E-state index in [9.17, 15) is 4.79 Å². The molecule has 0 aliphatic carbocycles. The van der Waals surface area contributed by atoms with Gasteiger partial charge in [-0.15, -0.1) is 0 Å². The third kappa shape index (κ3) is 2.29. The first-order valence-electron chi connectivity index (χ1n) is 8.25. The largest absolute Gasteiger partial charge is 0.481 e. The third-order valence-electron chi connectivity index (χ3n) is 5.21. The molecular weight excluding hydrogens is 288 g/mol. The van der Waals surface area contributed by atoms with Crippen LogP contribution in [0.2, 0.25) is 0 Å². The van der Waals surface area contributed by atoms with Gasteiger partial charge in [-0.25, -0.2) is 0 Å². The Hall–Kier alpha value is -2.07. The Morgan fingerprint density at radius 2 is 1.87 bits per heavy atom. The van der Waals surface area contributed by atoms with Crippen LogP contribution < -0.4 is 4.74 Å². The molecule has 0 saturated carbocycles. The van der Waals surface area contributed by atoms with Gasteiger partial charge in [0.25, 0.3) is 0 Å². The van der Waals surface area contributed by atoms with Gasteiger partial charge in [0, 0.05) is 38.4 Å². The summed E-state index contributed by atoms with van der Waals surface area (Å²) >= 11 is 0. The number of piperidine rings is 1. The molecule has 0 radical (unpaired) electrons. The van der Waals surface area contributed by atoms with Gasteiger partial charge in [0.15, 0.2) is 11.4 Å². The monoisotopic (exact) mass is 310 g/mol. The Balaban J connectivity index is 1.89. The van der Waals surface area contributed by atoms with Crippen LogP contribution in [0.25, 0.3) is 0 Å². The second-order valence-electron chi connectivity index (χ2n) is 6.75. The van der Waals surface area contributed by atoms with Gasteiger partial charge in [-0.05, 0) is 25.2 Å². The van der Waals surface area contributed by atoms with Crippen LogP contribution >= 0.6 is 0 Å². The van der Waals surface area contributed by atoms with E-state index in [-0.39, 0.29) is 11.4 Å². The number of carbonyl (C=O) groups excluding carboxylic acids is 1.